The molecule has 144 valence electrons. The van der Waals surface area contributed by atoms with E-state index in [0.717, 1.165) is 65.0 Å². The van der Waals surface area contributed by atoms with Gasteiger partial charge in [-0.1, -0.05) is 0 Å². The van der Waals surface area contributed by atoms with Crippen LogP contribution in [0.4, 0.5) is 5.69 Å². The summed E-state index contributed by atoms with van der Waals surface area (Å²) < 4.78 is 10.1. The van der Waals surface area contributed by atoms with Crippen molar-refractivity contribution in [3.05, 3.63) is 23.2 Å². The predicted octanol–water partition coefficient (Wildman–Crippen LogP) is 1.85. The van der Waals surface area contributed by atoms with Crippen LogP contribution < -0.4 is 4.90 Å². The third-order valence-corrected chi connectivity index (χ3v) is 5.87. The van der Waals surface area contributed by atoms with E-state index in [2.05, 4.69) is 38.2 Å². The average molecular weight is 389 g/mol. The number of nitrogens with zero attached hydrogens (tertiary/aromatic N) is 5. The van der Waals surface area contributed by atoms with Crippen LogP contribution in [-0.4, -0.2) is 72.2 Å². The molecule has 1 saturated heterocycles. The Bertz CT molecular complexity index is 905. The van der Waals surface area contributed by atoms with Crippen LogP contribution in [0.25, 0.3) is 21.6 Å². The van der Waals surface area contributed by atoms with Crippen LogP contribution in [0.2, 0.25) is 0 Å². The van der Waals surface area contributed by atoms with Gasteiger partial charge in [0.05, 0.1) is 23.8 Å². The third-order valence-electron chi connectivity index (χ3n) is 4.84. The first kappa shape index (κ1) is 18.3. The molecule has 0 spiro atoms. The molecule has 1 aliphatic heterocycles. The molecule has 0 radical (unpaired) electrons. The molecule has 2 aromatic heterocycles. The lowest BCUT2D eigenvalue weighted by Crippen LogP contribution is -2.51. The molecule has 3 heterocycles. The second kappa shape index (κ2) is 7.89. The quantitative estimate of drug-likeness (QED) is 0.625. The van der Waals surface area contributed by atoms with Crippen LogP contribution in [-0.2, 0) is 11.3 Å². The minimum absolute atomic E-state index is 0.00266. The number of hydrogen-bond acceptors (Lipinski definition) is 9. The van der Waals surface area contributed by atoms with Crippen molar-refractivity contribution in [2.24, 2.45) is 5.92 Å². The minimum Gasteiger partial charge on any atom is -0.391 e. The number of aliphatic hydroxyl groups is 1. The number of anilines is 1. The maximum atomic E-state index is 9.29. The number of likely N-dealkylation sites (N-methyl/N-ethyl adjacent to an activating group) is 1. The highest BCUT2D eigenvalue weighted by atomic mass is 32.1. The molecule has 0 bridgehead atoms. The van der Waals surface area contributed by atoms with Gasteiger partial charge in [0.25, 0.3) is 0 Å². The Hall–Kier alpha value is -2.07. The first-order chi connectivity index (χ1) is 13.2. The van der Waals surface area contributed by atoms with Gasteiger partial charge in [-0.2, -0.15) is 0 Å². The topological polar surface area (TPSA) is 87.8 Å². The molecule has 27 heavy (non-hydrogen) atoms. The SMILES string of the molecule is COCCN(C)CC1CN(c2cc(-c3ncc(CO)s3)cc3nonc23)C1. The number of benzene rings is 1. The first-order valence-electron chi connectivity index (χ1n) is 8.92. The van der Waals surface area contributed by atoms with Gasteiger partial charge in [-0.15, -0.1) is 11.3 Å². The summed E-state index contributed by atoms with van der Waals surface area (Å²) in [4.78, 5) is 9.88. The Morgan fingerprint density at radius 1 is 1.37 bits per heavy atom. The lowest BCUT2D eigenvalue weighted by molar-refractivity contribution is 0.147. The Kier molecular flexibility index (Phi) is 5.35. The largest absolute Gasteiger partial charge is 0.391 e. The van der Waals surface area contributed by atoms with Crippen LogP contribution >= 0.6 is 11.3 Å². The molecule has 9 heteroatoms. The lowest BCUT2D eigenvalue weighted by atomic mass is 9.97. The minimum atomic E-state index is 0.00266. The van der Waals surface area contributed by atoms with E-state index in [1.54, 1.807) is 13.3 Å². The van der Waals surface area contributed by atoms with Crippen molar-refractivity contribution < 1.29 is 14.5 Å². The molecule has 8 nitrogen and oxygen atoms in total. The van der Waals surface area contributed by atoms with Crippen LogP contribution in [0.5, 0.6) is 0 Å². The summed E-state index contributed by atoms with van der Waals surface area (Å²) in [5.41, 5.74) is 3.51. The van der Waals surface area contributed by atoms with Gasteiger partial charge in [0.2, 0.25) is 0 Å². The second-order valence-corrected chi connectivity index (χ2v) is 8.06. The molecule has 4 rings (SSSR count). The number of aromatic nitrogens is 3. The number of rotatable bonds is 8. The molecule has 1 aliphatic rings. The van der Waals surface area contributed by atoms with Gasteiger partial charge in [0, 0.05) is 51.0 Å². The van der Waals surface area contributed by atoms with Gasteiger partial charge in [-0.3, -0.25) is 0 Å². The predicted molar refractivity (Wildman–Crippen MR) is 104 cm³/mol. The maximum absolute atomic E-state index is 9.29. The highest BCUT2D eigenvalue weighted by molar-refractivity contribution is 7.15. The molecule has 0 amide bonds. The Morgan fingerprint density at radius 3 is 2.96 bits per heavy atom. The smallest absolute Gasteiger partial charge is 0.158 e. The zero-order valence-electron chi connectivity index (χ0n) is 15.5. The van der Waals surface area contributed by atoms with E-state index >= 15 is 0 Å². The molecule has 1 fully saturated rings. The highest BCUT2D eigenvalue weighted by Crippen LogP contribution is 2.36. The maximum Gasteiger partial charge on any atom is 0.158 e. The van der Waals surface area contributed by atoms with Crippen LogP contribution in [0, 0.1) is 5.92 Å². The Labute approximate surface area is 161 Å². The molecule has 0 atom stereocenters. The van der Waals surface area contributed by atoms with E-state index in [9.17, 15) is 5.11 Å². The van der Waals surface area contributed by atoms with Gasteiger partial charge < -0.3 is 19.6 Å². The fourth-order valence-corrected chi connectivity index (χ4v) is 4.17. The van der Waals surface area contributed by atoms with Crippen molar-refractivity contribution in [2.45, 2.75) is 6.61 Å². The number of aliphatic hydroxyl groups excluding tert-OH is 1. The van der Waals surface area contributed by atoms with Crippen molar-refractivity contribution in [1.82, 2.24) is 20.2 Å². The summed E-state index contributed by atoms with van der Waals surface area (Å²) in [5, 5.41) is 18.3. The summed E-state index contributed by atoms with van der Waals surface area (Å²) in [6.07, 6.45) is 1.71. The normalized spacial score (nSPS) is 15.0. The van der Waals surface area contributed by atoms with Gasteiger partial charge in [0.1, 0.15) is 10.5 Å². The van der Waals surface area contributed by atoms with Gasteiger partial charge >= 0.3 is 0 Å². The number of methoxy groups -OCH3 is 1. The summed E-state index contributed by atoms with van der Waals surface area (Å²) in [7, 11) is 3.86. The van der Waals surface area contributed by atoms with Gasteiger partial charge in [-0.25, -0.2) is 9.61 Å². The first-order valence-corrected chi connectivity index (χ1v) is 9.74. The van der Waals surface area contributed by atoms with Crippen molar-refractivity contribution >= 4 is 28.1 Å². The zero-order chi connectivity index (χ0) is 18.8. The third kappa shape index (κ3) is 3.81. The van der Waals surface area contributed by atoms with E-state index in [0.29, 0.717) is 5.92 Å². The molecule has 0 unspecified atom stereocenters. The summed E-state index contributed by atoms with van der Waals surface area (Å²) >= 11 is 1.48. The van der Waals surface area contributed by atoms with Crippen molar-refractivity contribution in [3.63, 3.8) is 0 Å². The Balaban J connectivity index is 1.51. The van der Waals surface area contributed by atoms with E-state index < -0.39 is 0 Å². The highest BCUT2D eigenvalue weighted by Gasteiger charge is 2.30. The zero-order valence-corrected chi connectivity index (χ0v) is 16.3. The number of fused-ring (bicyclic) bond motifs is 1. The molecule has 1 aromatic carbocycles. The van der Waals surface area contributed by atoms with E-state index in [4.69, 9.17) is 9.37 Å². The monoisotopic (exact) mass is 389 g/mol. The summed E-state index contributed by atoms with van der Waals surface area (Å²) in [6.45, 7) is 4.70. The number of ether oxygens (including phenoxy) is 1. The molecule has 1 N–H and O–H groups in total. The standard InChI is InChI=1S/C18H23N5O3S/c1-22(3-4-25-2)8-12-9-23(10-12)16-6-13(5-15-17(16)21-26-20-15)18-19-7-14(11-24)27-18/h5-7,12,24H,3-4,8-11H2,1-2H3. The van der Waals surface area contributed by atoms with Crippen LogP contribution in [0.1, 0.15) is 4.88 Å². The Morgan fingerprint density at radius 2 is 2.22 bits per heavy atom. The second-order valence-electron chi connectivity index (χ2n) is 6.94. The molecular formula is C18H23N5O3S. The molecule has 0 saturated carbocycles. The van der Waals surface area contributed by atoms with Gasteiger partial charge in [0.15, 0.2) is 5.52 Å². The van der Waals surface area contributed by atoms with Crippen molar-refractivity contribution in [3.8, 4) is 10.6 Å². The van der Waals surface area contributed by atoms with Crippen molar-refractivity contribution in [1.29, 1.82) is 0 Å². The number of hydrogen-bond donors (Lipinski definition) is 1. The lowest BCUT2D eigenvalue weighted by Gasteiger charge is -2.42. The molecular weight excluding hydrogens is 366 g/mol. The van der Waals surface area contributed by atoms with E-state index in [1.807, 2.05) is 6.07 Å². The fraction of sp³-hybridized carbons (Fsp3) is 0.500. The molecule has 0 aliphatic carbocycles. The van der Waals surface area contributed by atoms with Crippen molar-refractivity contribution in [2.75, 3.05) is 51.8 Å². The van der Waals surface area contributed by atoms with Crippen LogP contribution in [0.15, 0.2) is 23.0 Å². The van der Waals surface area contributed by atoms with E-state index in [-0.39, 0.29) is 6.61 Å². The molecule has 3 aromatic rings. The van der Waals surface area contributed by atoms with Crippen LogP contribution in [0.3, 0.4) is 0 Å². The summed E-state index contributed by atoms with van der Waals surface area (Å²) in [6, 6.07) is 4.03. The van der Waals surface area contributed by atoms with Gasteiger partial charge in [-0.05, 0) is 29.5 Å². The average Bonchev–Trinajstić information content (AvgIpc) is 3.30. The fourth-order valence-electron chi connectivity index (χ4n) is 3.41. The number of thiazole rings is 1. The van der Waals surface area contributed by atoms with E-state index in [1.165, 1.54) is 11.3 Å². The summed E-state index contributed by atoms with van der Waals surface area (Å²) in [5.74, 6) is 0.617.